The van der Waals surface area contributed by atoms with Gasteiger partial charge >= 0.3 is 0 Å². The molecule has 0 bridgehead atoms. The third-order valence-corrected chi connectivity index (χ3v) is 5.35. The van der Waals surface area contributed by atoms with E-state index in [4.69, 9.17) is 0 Å². The van der Waals surface area contributed by atoms with E-state index in [9.17, 15) is 9.59 Å². The Morgan fingerprint density at radius 3 is 2.45 bits per heavy atom. The van der Waals surface area contributed by atoms with Crippen LogP contribution in [-0.4, -0.2) is 44.2 Å². The molecule has 0 aliphatic rings. The lowest BCUT2D eigenvalue weighted by molar-refractivity contribution is -0.131. The quantitative estimate of drug-likeness (QED) is 0.497. The van der Waals surface area contributed by atoms with Crippen LogP contribution in [0.5, 0.6) is 0 Å². The molecule has 2 aromatic heterocycles. The van der Waals surface area contributed by atoms with E-state index in [1.807, 2.05) is 78.2 Å². The SMILES string of the molecule is CCN(CC)C(=O)Cn1ccc2cc(NC(=O)c3ccc(-n4cccn4)cc3)ccc21. The van der Waals surface area contributed by atoms with Gasteiger partial charge in [-0.15, -0.1) is 0 Å². The van der Waals surface area contributed by atoms with Gasteiger partial charge in [-0.05, 0) is 68.4 Å². The zero-order valence-electron chi connectivity index (χ0n) is 17.7. The van der Waals surface area contributed by atoms with E-state index in [1.165, 1.54) is 0 Å². The molecule has 0 unspecified atom stereocenters. The van der Waals surface area contributed by atoms with E-state index in [0.29, 0.717) is 30.9 Å². The monoisotopic (exact) mass is 415 g/mol. The molecule has 0 atom stereocenters. The average molecular weight is 415 g/mol. The van der Waals surface area contributed by atoms with Gasteiger partial charge in [0.15, 0.2) is 0 Å². The highest BCUT2D eigenvalue weighted by Crippen LogP contribution is 2.21. The van der Waals surface area contributed by atoms with Crippen molar-refractivity contribution in [3.8, 4) is 5.69 Å². The first kappa shape index (κ1) is 20.4. The molecule has 2 heterocycles. The van der Waals surface area contributed by atoms with Crippen molar-refractivity contribution in [1.82, 2.24) is 19.2 Å². The maximum absolute atomic E-state index is 12.7. The normalized spacial score (nSPS) is 10.9. The molecule has 31 heavy (non-hydrogen) atoms. The minimum absolute atomic E-state index is 0.0958. The number of nitrogens with zero attached hydrogens (tertiary/aromatic N) is 4. The van der Waals surface area contributed by atoms with Crippen molar-refractivity contribution in [3.05, 3.63) is 78.8 Å². The fourth-order valence-electron chi connectivity index (χ4n) is 3.63. The Labute approximate surface area is 180 Å². The molecule has 7 heteroatoms. The molecule has 0 saturated carbocycles. The van der Waals surface area contributed by atoms with Crippen molar-refractivity contribution >= 4 is 28.4 Å². The number of amides is 2. The Kier molecular flexibility index (Phi) is 5.84. The lowest BCUT2D eigenvalue weighted by Crippen LogP contribution is -2.33. The van der Waals surface area contributed by atoms with E-state index in [1.54, 1.807) is 23.0 Å². The summed E-state index contributed by atoms with van der Waals surface area (Å²) in [7, 11) is 0. The molecule has 1 N–H and O–H groups in total. The predicted octanol–water partition coefficient (Wildman–Crippen LogP) is 3.95. The summed E-state index contributed by atoms with van der Waals surface area (Å²) in [5.74, 6) is -0.0825. The molecular weight excluding hydrogens is 390 g/mol. The highest BCUT2D eigenvalue weighted by atomic mass is 16.2. The standard InChI is InChI=1S/C24H25N5O2/c1-3-27(4-2)23(30)17-28-15-12-19-16-20(8-11-22(19)28)26-24(31)18-6-9-21(10-7-18)29-14-5-13-25-29/h5-16H,3-4,17H2,1-2H3,(H,26,31). The van der Waals surface area contributed by atoms with Crippen molar-refractivity contribution in [3.63, 3.8) is 0 Å². The van der Waals surface area contributed by atoms with Crippen molar-refractivity contribution < 1.29 is 9.59 Å². The van der Waals surface area contributed by atoms with Gasteiger partial charge < -0.3 is 14.8 Å². The van der Waals surface area contributed by atoms with Crippen molar-refractivity contribution in [1.29, 1.82) is 0 Å². The van der Waals surface area contributed by atoms with Crippen LogP contribution in [0.15, 0.2) is 73.2 Å². The van der Waals surface area contributed by atoms with Crippen LogP contribution < -0.4 is 5.32 Å². The van der Waals surface area contributed by atoms with Crippen LogP contribution in [-0.2, 0) is 11.3 Å². The molecule has 0 fully saturated rings. The van der Waals surface area contributed by atoms with Crippen LogP contribution in [0.1, 0.15) is 24.2 Å². The molecule has 158 valence electrons. The van der Waals surface area contributed by atoms with Gasteiger partial charge in [-0.3, -0.25) is 9.59 Å². The van der Waals surface area contributed by atoms with E-state index in [0.717, 1.165) is 16.6 Å². The zero-order chi connectivity index (χ0) is 21.8. The molecule has 4 aromatic rings. The summed E-state index contributed by atoms with van der Waals surface area (Å²) in [5.41, 5.74) is 3.13. The topological polar surface area (TPSA) is 72.2 Å². The summed E-state index contributed by atoms with van der Waals surface area (Å²) in [5, 5.41) is 8.10. The predicted molar refractivity (Wildman–Crippen MR) is 121 cm³/mol. The molecule has 4 rings (SSSR count). The Morgan fingerprint density at radius 2 is 1.77 bits per heavy atom. The second kappa shape index (κ2) is 8.87. The van der Waals surface area contributed by atoms with Gasteiger partial charge in [0.05, 0.1) is 5.69 Å². The molecule has 0 aliphatic carbocycles. The molecule has 2 aromatic carbocycles. The molecule has 0 spiro atoms. The third-order valence-electron chi connectivity index (χ3n) is 5.35. The fourth-order valence-corrected chi connectivity index (χ4v) is 3.63. The fraction of sp³-hybridized carbons (Fsp3) is 0.208. The Balaban J connectivity index is 1.46. The summed E-state index contributed by atoms with van der Waals surface area (Å²) in [6.07, 6.45) is 5.47. The largest absolute Gasteiger partial charge is 0.342 e. The minimum Gasteiger partial charge on any atom is -0.342 e. The van der Waals surface area contributed by atoms with E-state index < -0.39 is 0 Å². The van der Waals surface area contributed by atoms with Gasteiger partial charge in [-0.25, -0.2) is 4.68 Å². The van der Waals surface area contributed by atoms with Gasteiger partial charge in [0, 0.05) is 53.8 Å². The van der Waals surface area contributed by atoms with Crippen molar-refractivity contribution in [2.24, 2.45) is 0 Å². The summed E-state index contributed by atoms with van der Waals surface area (Å²) < 4.78 is 3.68. The zero-order valence-corrected chi connectivity index (χ0v) is 17.7. The number of benzene rings is 2. The minimum atomic E-state index is -0.178. The number of hydrogen-bond acceptors (Lipinski definition) is 3. The summed E-state index contributed by atoms with van der Waals surface area (Å²) >= 11 is 0. The number of anilines is 1. The summed E-state index contributed by atoms with van der Waals surface area (Å²) in [6.45, 7) is 5.67. The van der Waals surface area contributed by atoms with E-state index in [-0.39, 0.29) is 11.8 Å². The van der Waals surface area contributed by atoms with Gasteiger partial charge in [-0.2, -0.15) is 5.10 Å². The highest BCUT2D eigenvalue weighted by molar-refractivity contribution is 6.05. The molecule has 7 nitrogen and oxygen atoms in total. The third kappa shape index (κ3) is 4.35. The van der Waals surface area contributed by atoms with Crippen LogP contribution in [0.4, 0.5) is 5.69 Å². The lowest BCUT2D eigenvalue weighted by atomic mass is 10.1. The first-order valence-corrected chi connectivity index (χ1v) is 10.4. The van der Waals surface area contributed by atoms with Crippen LogP contribution in [0.25, 0.3) is 16.6 Å². The lowest BCUT2D eigenvalue weighted by Gasteiger charge is -2.19. The smallest absolute Gasteiger partial charge is 0.255 e. The maximum Gasteiger partial charge on any atom is 0.255 e. The second-order valence-electron chi connectivity index (χ2n) is 7.23. The Bertz CT molecular complexity index is 1190. The number of nitrogens with one attached hydrogen (secondary N) is 1. The van der Waals surface area contributed by atoms with Crippen molar-refractivity contribution in [2.45, 2.75) is 20.4 Å². The summed E-state index contributed by atoms with van der Waals surface area (Å²) in [4.78, 5) is 26.9. The Hall–Kier alpha value is -3.87. The first-order valence-electron chi connectivity index (χ1n) is 10.4. The molecular formula is C24H25N5O2. The van der Waals surface area contributed by atoms with E-state index in [2.05, 4.69) is 10.4 Å². The molecule has 0 aliphatic heterocycles. The average Bonchev–Trinajstić information content (AvgIpc) is 3.45. The van der Waals surface area contributed by atoms with Crippen LogP contribution >= 0.6 is 0 Å². The number of rotatable bonds is 7. The number of fused-ring (bicyclic) bond motifs is 1. The Morgan fingerprint density at radius 1 is 1.00 bits per heavy atom. The van der Waals surface area contributed by atoms with E-state index >= 15 is 0 Å². The molecule has 2 amide bonds. The summed E-state index contributed by atoms with van der Waals surface area (Å²) in [6, 6.07) is 16.8. The van der Waals surface area contributed by atoms with Crippen LogP contribution in [0.3, 0.4) is 0 Å². The highest BCUT2D eigenvalue weighted by Gasteiger charge is 2.13. The number of aromatic nitrogens is 3. The van der Waals surface area contributed by atoms with Gasteiger partial charge in [0.1, 0.15) is 6.54 Å². The number of hydrogen-bond donors (Lipinski definition) is 1. The maximum atomic E-state index is 12.7. The number of carbonyl (C=O) groups excluding carboxylic acids is 2. The first-order chi connectivity index (χ1) is 15.1. The van der Waals surface area contributed by atoms with Gasteiger partial charge in [-0.1, -0.05) is 0 Å². The molecule has 0 radical (unpaired) electrons. The number of likely N-dealkylation sites (N-methyl/N-ethyl adjacent to an activating group) is 1. The van der Waals surface area contributed by atoms with Crippen LogP contribution in [0.2, 0.25) is 0 Å². The number of carbonyl (C=O) groups is 2. The van der Waals surface area contributed by atoms with Gasteiger partial charge in [0.25, 0.3) is 5.91 Å². The second-order valence-corrected chi connectivity index (χ2v) is 7.23. The molecule has 0 saturated heterocycles. The van der Waals surface area contributed by atoms with Crippen LogP contribution in [0, 0.1) is 0 Å². The van der Waals surface area contributed by atoms with Crippen molar-refractivity contribution in [2.75, 3.05) is 18.4 Å². The van der Waals surface area contributed by atoms with Gasteiger partial charge in [0.2, 0.25) is 5.91 Å².